The number of phenols is 1. The largest absolute Gasteiger partial charge is 0.508 e. The van der Waals surface area contributed by atoms with Gasteiger partial charge in [0, 0.05) is 37.8 Å². The zero-order valence-electron chi connectivity index (χ0n) is 24.7. The highest BCUT2D eigenvalue weighted by atomic mass is 16.4. The first-order chi connectivity index (χ1) is 21.3. The lowest BCUT2D eigenvalue weighted by Crippen LogP contribution is -2.57. The number of hydrogen-bond donors (Lipinski definition) is 11. The summed E-state index contributed by atoms with van der Waals surface area (Å²) >= 11 is 0. The van der Waals surface area contributed by atoms with Crippen LogP contribution >= 0.6 is 0 Å². The molecule has 4 unspecified atom stereocenters. The summed E-state index contributed by atoms with van der Waals surface area (Å²) in [6.07, 6.45) is 3.71. The molecule has 2 aromatic rings. The van der Waals surface area contributed by atoms with Crippen LogP contribution in [0.15, 0.2) is 46.8 Å². The summed E-state index contributed by atoms with van der Waals surface area (Å²) in [7, 11) is 0. The van der Waals surface area contributed by atoms with Crippen molar-refractivity contribution in [3.8, 4) is 5.75 Å². The number of aromatic nitrogens is 2. The average molecular weight is 631 g/mol. The Bertz CT molecular complexity index is 1310. The number of benzene rings is 1. The molecule has 45 heavy (non-hydrogen) atoms. The fourth-order valence-electron chi connectivity index (χ4n) is 4.14. The number of nitrogens with two attached hydrogens (primary N) is 5. The van der Waals surface area contributed by atoms with Crippen molar-refractivity contribution in [2.45, 2.75) is 62.7 Å². The third-order valence-corrected chi connectivity index (χ3v) is 6.49. The number of carboxylic acids is 1. The number of phenolic OH excluding ortho intramolecular Hbond substituents is 1. The van der Waals surface area contributed by atoms with Gasteiger partial charge in [-0.05, 0) is 43.4 Å². The van der Waals surface area contributed by atoms with E-state index >= 15 is 0 Å². The lowest BCUT2D eigenvalue weighted by Gasteiger charge is -2.25. The smallest absolute Gasteiger partial charge is 0.326 e. The second-order valence-electron chi connectivity index (χ2n) is 10.2. The highest BCUT2D eigenvalue weighted by molar-refractivity contribution is 5.94. The first-order valence-corrected chi connectivity index (χ1v) is 14.1. The van der Waals surface area contributed by atoms with Crippen molar-refractivity contribution in [1.82, 2.24) is 25.9 Å². The van der Waals surface area contributed by atoms with Crippen LogP contribution in [0.1, 0.15) is 36.9 Å². The SMILES string of the molecule is NC(N)=NCCCC(N)C(=O)NC(CCCN=C(N)N)C(=O)NC(Cc1cnc[nH]1)C(=O)NC(Cc1ccc(O)cc1)C(=O)O. The van der Waals surface area contributed by atoms with Crippen molar-refractivity contribution in [3.63, 3.8) is 0 Å². The van der Waals surface area contributed by atoms with E-state index in [1.165, 1.54) is 36.8 Å². The van der Waals surface area contributed by atoms with E-state index in [1.54, 1.807) is 0 Å². The molecule has 18 nitrogen and oxygen atoms in total. The third kappa shape index (κ3) is 13.6. The summed E-state index contributed by atoms with van der Waals surface area (Å²) < 4.78 is 0. The molecule has 0 aliphatic heterocycles. The van der Waals surface area contributed by atoms with Gasteiger partial charge in [-0.1, -0.05) is 12.1 Å². The molecule has 0 saturated carbocycles. The molecule has 2 rings (SSSR count). The van der Waals surface area contributed by atoms with Crippen LogP contribution in [0.2, 0.25) is 0 Å². The summed E-state index contributed by atoms with van der Waals surface area (Å²) in [5.74, 6) is -3.65. The van der Waals surface area contributed by atoms with Gasteiger partial charge in [0.05, 0.1) is 12.4 Å². The molecule has 16 N–H and O–H groups in total. The number of carboxylic acid groups (broad SMARTS) is 1. The first kappa shape index (κ1) is 35.8. The van der Waals surface area contributed by atoms with E-state index in [2.05, 4.69) is 35.9 Å². The number of rotatable bonds is 19. The third-order valence-electron chi connectivity index (χ3n) is 6.49. The molecule has 0 saturated heterocycles. The Balaban J connectivity index is 2.20. The van der Waals surface area contributed by atoms with Crippen molar-refractivity contribution in [3.05, 3.63) is 48.0 Å². The van der Waals surface area contributed by atoms with E-state index in [-0.39, 0.29) is 56.4 Å². The zero-order chi connectivity index (χ0) is 33.4. The highest BCUT2D eigenvalue weighted by Gasteiger charge is 2.31. The number of nitrogens with one attached hydrogen (secondary N) is 4. The van der Waals surface area contributed by atoms with Gasteiger partial charge in [0.25, 0.3) is 0 Å². The predicted molar refractivity (Wildman–Crippen MR) is 165 cm³/mol. The van der Waals surface area contributed by atoms with E-state index in [0.717, 1.165) is 0 Å². The molecule has 0 aliphatic rings. The standard InChI is InChI=1S/C27H42N12O6/c28-18(3-1-9-34-26(29)30)22(41)37-19(4-2-10-35-27(31)32)23(42)38-20(12-16-13-33-14-36-16)24(43)39-21(25(44)45)11-15-5-7-17(40)8-6-15/h5-8,13-14,18-21,40H,1-4,9-12,28H2,(H,33,36)(H,37,41)(H,38,42)(H,39,43)(H,44,45)(H4,29,30,34)(H4,31,32,35). The number of aliphatic carboxylic acids is 1. The van der Waals surface area contributed by atoms with Gasteiger partial charge in [0.2, 0.25) is 17.7 Å². The summed E-state index contributed by atoms with van der Waals surface area (Å²) in [5.41, 5.74) is 28.4. The molecular weight excluding hydrogens is 588 g/mol. The maximum Gasteiger partial charge on any atom is 0.326 e. The second kappa shape index (κ2) is 18.3. The van der Waals surface area contributed by atoms with E-state index < -0.39 is 47.9 Å². The number of carbonyl (C=O) groups is 4. The number of guanidine groups is 2. The Morgan fingerprint density at radius 3 is 1.91 bits per heavy atom. The Morgan fingerprint density at radius 1 is 0.800 bits per heavy atom. The summed E-state index contributed by atoms with van der Waals surface area (Å²) in [6.45, 7) is 0.433. The van der Waals surface area contributed by atoms with Gasteiger partial charge >= 0.3 is 5.97 Å². The van der Waals surface area contributed by atoms with Crippen molar-refractivity contribution in [1.29, 1.82) is 0 Å². The molecule has 18 heteroatoms. The van der Waals surface area contributed by atoms with Crippen molar-refractivity contribution < 1.29 is 29.4 Å². The normalized spacial score (nSPS) is 13.4. The van der Waals surface area contributed by atoms with Gasteiger partial charge in [-0.15, -0.1) is 0 Å². The van der Waals surface area contributed by atoms with Gasteiger partial charge in [0.15, 0.2) is 11.9 Å². The molecule has 4 atom stereocenters. The number of nitrogens with zero attached hydrogens (tertiary/aromatic N) is 3. The molecular formula is C27H42N12O6. The van der Waals surface area contributed by atoms with Crippen LogP contribution < -0.4 is 44.6 Å². The van der Waals surface area contributed by atoms with Crippen LogP contribution in [-0.2, 0) is 32.0 Å². The van der Waals surface area contributed by atoms with Crippen LogP contribution in [0.4, 0.5) is 0 Å². The minimum Gasteiger partial charge on any atom is -0.508 e. The van der Waals surface area contributed by atoms with Crippen molar-refractivity contribution in [2.24, 2.45) is 38.7 Å². The molecule has 0 aliphatic carbocycles. The van der Waals surface area contributed by atoms with Gasteiger partial charge in [-0.25, -0.2) is 9.78 Å². The topological polar surface area (TPSA) is 328 Å². The number of imidazole rings is 1. The number of aliphatic imine (C=N–C) groups is 2. The lowest BCUT2D eigenvalue weighted by atomic mass is 10.0. The minimum absolute atomic E-state index is 0.00355. The molecule has 1 heterocycles. The molecule has 0 radical (unpaired) electrons. The van der Waals surface area contributed by atoms with Gasteiger partial charge in [0.1, 0.15) is 23.9 Å². The van der Waals surface area contributed by atoms with E-state index in [4.69, 9.17) is 28.7 Å². The quantitative estimate of drug-likeness (QED) is 0.0417. The predicted octanol–water partition coefficient (Wildman–Crippen LogP) is -3.13. The number of H-pyrrole nitrogens is 1. The van der Waals surface area contributed by atoms with E-state index in [9.17, 15) is 29.4 Å². The monoisotopic (exact) mass is 630 g/mol. The lowest BCUT2D eigenvalue weighted by molar-refractivity contribution is -0.142. The molecule has 1 aromatic heterocycles. The van der Waals surface area contributed by atoms with Gasteiger partial charge < -0.3 is 59.8 Å². The molecule has 0 spiro atoms. The Kier molecular flexibility index (Phi) is 14.6. The molecule has 1 aromatic carbocycles. The summed E-state index contributed by atoms with van der Waals surface area (Å²) in [5, 5.41) is 27.0. The summed E-state index contributed by atoms with van der Waals surface area (Å²) in [4.78, 5) is 66.3. The number of aromatic hydroxyl groups is 1. The Morgan fingerprint density at radius 2 is 1.36 bits per heavy atom. The Labute approximate surface area is 259 Å². The average Bonchev–Trinajstić information content (AvgIpc) is 3.49. The van der Waals surface area contributed by atoms with Crippen LogP contribution in [-0.4, -0.2) is 93.0 Å². The fourth-order valence-corrected chi connectivity index (χ4v) is 4.14. The first-order valence-electron chi connectivity index (χ1n) is 14.1. The number of hydrogen-bond acceptors (Lipinski definition) is 9. The van der Waals surface area contributed by atoms with E-state index in [1.807, 2.05) is 0 Å². The molecule has 246 valence electrons. The number of carbonyl (C=O) groups excluding carboxylic acids is 3. The number of amides is 3. The van der Waals surface area contributed by atoms with Gasteiger partial charge in [-0.3, -0.25) is 24.4 Å². The van der Waals surface area contributed by atoms with Crippen LogP contribution in [0.25, 0.3) is 0 Å². The van der Waals surface area contributed by atoms with E-state index in [0.29, 0.717) is 24.1 Å². The minimum atomic E-state index is -1.35. The summed E-state index contributed by atoms with van der Waals surface area (Å²) in [6, 6.07) is 1.13. The Hall–Kier alpha value is -5.39. The van der Waals surface area contributed by atoms with Crippen LogP contribution in [0.5, 0.6) is 5.75 Å². The number of aromatic amines is 1. The van der Waals surface area contributed by atoms with Crippen LogP contribution in [0.3, 0.4) is 0 Å². The maximum absolute atomic E-state index is 13.5. The van der Waals surface area contributed by atoms with Gasteiger partial charge in [-0.2, -0.15) is 0 Å². The fraction of sp³-hybridized carbons (Fsp3) is 0.444. The maximum atomic E-state index is 13.5. The molecule has 3 amide bonds. The second-order valence-corrected chi connectivity index (χ2v) is 10.2. The molecule has 0 fully saturated rings. The van der Waals surface area contributed by atoms with Crippen LogP contribution in [0, 0.1) is 0 Å². The zero-order valence-corrected chi connectivity index (χ0v) is 24.7. The van der Waals surface area contributed by atoms with Crippen molar-refractivity contribution in [2.75, 3.05) is 13.1 Å². The highest BCUT2D eigenvalue weighted by Crippen LogP contribution is 2.12. The molecule has 0 bridgehead atoms. The van der Waals surface area contributed by atoms with Crippen molar-refractivity contribution >= 4 is 35.6 Å².